The number of likely N-dealkylation sites (N-methyl/N-ethyl adjacent to an activating group) is 1. The molecular formula is C24H25F5N4O3. The lowest BCUT2D eigenvalue weighted by atomic mass is 10.1. The van der Waals surface area contributed by atoms with Crippen molar-refractivity contribution in [3.05, 3.63) is 65.2 Å². The molecule has 194 valence electrons. The Morgan fingerprint density at radius 1 is 1.00 bits per heavy atom. The Hall–Kier alpha value is -3.54. The molecule has 0 spiro atoms. The van der Waals surface area contributed by atoms with E-state index < -0.39 is 42.1 Å². The van der Waals surface area contributed by atoms with E-state index in [2.05, 4.69) is 4.90 Å². The first kappa shape index (κ1) is 27.1. The molecule has 12 heteroatoms. The summed E-state index contributed by atoms with van der Waals surface area (Å²) in [7, 11) is 0. The average molecular weight is 512 g/mol. The van der Waals surface area contributed by atoms with Gasteiger partial charge in [-0.2, -0.15) is 13.2 Å². The Morgan fingerprint density at radius 2 is 1.69 bits per heavy atom. The second-order valence-corrected chi connectivity index (χ2v) is 8.18. The van der Waals surface area contributed by atoms with Gasteiger partial charge in [0.2, 0.25) is 0 Å². The quantitative estimate of drug-likeness (QED) is 0.455. The maximum Gasteiger partial charge on any atom is 0.471 e. The number of hydrogen-bond donors (Lipinski definition) is 1. The number of alkyl halides is 3. The normalized spacial score (nSPS) is 14.4. The lowest BCUT2D eigenvalue weighted by molar-refractivity contribution is -0.173. The Labute approximate surface area is 204 Å². The highest BCUT2D eigenvalue weighted by molar-refractivity contribution is 6.00. The minimum Gasteiger partial charge on any atom is -0.341 e. The summed E-state index contributed by atoms with van der Waals surface area (Å²) in [6, 6.07) is 8.11. The van der Waals surface area contributed by atoms with Gasteiger partial charge in [0.05, 0.1) is 13.1 Å². The number of halogens is 5. The average Bonchev–Trinajstić information content (AvgIpc) is 2.85. The Balaban J connectivity index is 1.78. The van der Waals surface area contributed by atoms with Crippen molar-refractivity contribution in [2.24, 2.45) is 0 Å². The molecule has 0 radical (unpaired) electrons. The van der Waals surface area contributed by atoms with E-state index in [1.807, 2.05) is 6.92 Å². The van der Waals surface area contributed by atoms with Crippen LogP contribution < -0.4 is 10.2 Å². The van der Waals surface area contributed by atoms with E-state index in [1.165, 1.54) is 40.5 Å². The molecule has 0 aromatic heterocycles. The number of nitrogens with zero attached hydrogens (tertiary/aromatic N) is 3. The molecule has 0 aliphatic carbocycles. The minimum absolute atomic E-state index is 0.00989. The second-order valence-electron chi connectivity index (χ2n) is 8.18. The zero-order valence-electron chi connectivity index (χ0n) is 19.4. The van der Waals surface area contributed by atoms with Crippen molar-refractivity contribution in [2.75, 3.05) is 44.2 Å². The Kier molecular flexibility index (Phi) is 8.62. The maximum absolute atomic E-state index is 14.9. The van der Waals surface area contributed by atoms with Crippen molar-refractivity contribution >= 4 is 23.4 Å². The number of ketones is 1. The fraction of sp³-hybridized carbons (Fsp3) is 0.375. The van der Waals surface area contributed by atoms with Crippen molar-refractivity contribution in [3.63, 3.8) is 0 Å². The molecule has 0 unspecified atom stereocenters. The number of Topliss-reactive ketones (excluding diaryl/α,β-unsaturated/α-hetero) is 1. The molecule has 1 aliphatic rings. The van der Waals surface area contributed by atoms with Gasteiger partial charge in [-0.05, 0) is 30.8 Å². The van der Waals surface area contributed by atoms with Crippen LogP contribution in [0.25, 0.3) is 0 Å². The van der Waals surface area contributed by atoms with Gasteiger partial charge in [-0.25, -0.2) is 13.6 Å². The summed E-state index contributed by atoms with van der Waals surface area (Å²) < 4.78 is 65.7. The van der Waals surface area contributed by atoms with Crippen LogP contribution in [0, 0.1) is 11.6 Å². The van der Waals surface area contributed by atoms with Crippen molar-refractivity contribution < 1.29 is 36.3 Å². The van der Waals surface area contributed by atoms with Crippen molar-refractivity contribution in [1.29, 1.82) is 0 Å². The summed E-state index contributed by atoms with van der Waals surface area (Å²) in [4.78, 5) is 41.3. The summed E-state index contributed by atoms with van der Waals surface area (Å²) >= 11 is 0. The molecule has 2 aromatic carbocycles. The van der Waals surface area contributed by atoms with Gasteiger partial charge in [0.1, 0.15) is 11.6 Å². The molecule has 0 bridgehead atoms. The molecule has 0 atom stereocenters. The molecule has 1 fully saturated rings. The maximum atomic E-state index is 14.9. The van der Waals surface area contributed by atoms with Crippen LogP contribution in [0.4, 0.5) is 32.4 Å². The van der Waals surface area contributed by atoms with Gasteiger partial charge in [-0.3, -0.25) is 14.5 Å². The highest BCUT2D eigenvalue weighted by Gasteiger charge is 2.38. The van der Waals surface area contributed by atoms with Crippen LogP contribution in [0.1, 0.15) is 22.8 Å². The fourth-order valence-electron chi connectivity index (χ4n) is 3.72. The van der Waals surface area contributed by atoms with E-state index in [4.69, 9.17) is 0 Å². The molecule has 7 nitrogen and oxygen atoms in total. The van der Waals surface area contributed by atoms with Gasteiger partial charge in [0, 0.05) is 43.0 Å². The monoisotopic (exact) mass is 512 g/mol. The number of nitrogens with one attached hydrogen (secondary N) is 1. The van der Waals surface area contributed by atoms with Crippen LogP contribution >= 0.6 is 0 Å². The van der Waals surface area contributed by atoms with Gasteiger partial charge in [0.25, 0.3) is 0 Å². The lowest BCUT2D eigenvalue weighted by Crippen LogP contribution is -2.52. The number of carbonyl (C=O) groups is 3. The van der Waals surface area contributed by atoms with Crippen LogP contribution in [0.2, 0.25) is 0 Å². The first-order valence-electron chi connectivity index (χ1n) is 11.2. The van der Waals surface area contributed by atoms with Crippen molar-refractivity contribution in [1.82, 2.24) is 15.1 Å². The van der Waals surface area contributed by atoms with Gasteiger partial charge >= 0.3 is 18.1 Å². The fourth-order valence-corrected chi connectivity index (χ4v) is 3.72. The van der Waals surface area contributed by atoms with Crippen LogP contribution in [-0.4, -0.2) is 73.0 Å². The summed E-state index contributed by atoms with van der Waals surface area (Å²) in [5.41, 5.74) is -0.0268. The number of piperazine rings is 1. The molecular weight excluding hydrogens is 487 g/mol. The van der Waals surface area contributed by atoms with Crippen molar-refractivity contribution in [3.8, 4) is 0 Å². The molecule has 0 saturated carbocycles. The van der Waals surface area contributed by atoms with Crippen molar-refractivity contribution in [2.45, 2.75) is 19.6 Å². The number of anilines is 1. The van der Waals surface area contributed by atoms with Crippen LogP contribution in [0.5, 0.6) is 0 Å². The second kappa shape index (κ2) is 11.5. The number of carbonyl (C=O) groups excluding carboxylic acids is 3. The summed E-state index contributed by atoms with van der Waals surface area (Å²) in [6.07, 6.45) is -5.15. The number of urea groups is 1. The zero-order valence-corrected chi connectivity index (χ0v) is 19.4. The molecule has 1 N–H and O–H groups in total. The third-order valence-electron chi connectivity index (χ3n) is 5.81. The molecule has 36 heavy (non-hydrogen) atoms. The number of amides is 3. The van der Waals surface area contributed by atoms with Crippen LogP contribution in [-0.2, 0) is 11.3 Å². The Morgan fingerprint density at radius 3 is 2.28 bits per heavy atom. The molecule has 3 amide bonds. The van der Waals surface area contributed by atoms with E-state index in [1.54, 1.807) is 4.90 Å². The predicted octanol–water partition coefficient (Wildman–Crippen LogP) is 3.59. The number of benzene rings is 2. The van der Waals surface area contributed by atoms with Gasteiger partial charge in [-0.1, -0.05) is 25.1 Å². The topological polar surface area (TPSA) is 73.0 Å². The molecule has 1 heterocycles. The SMILES string of the molecule is CCN1CCN(C(=O)N(Cc2ccc(C(=O)CNC(=O)C(F)(F)F)cc2F)c2cccc(F)c2)CC1. The lowest BCUT2D eigenvalue weighted by Gasteiger charge is -2.37. The molecule has 2 aromatic rings. The molecule has 1 aliphatic heterocycles. The predicted molar refractivity (Wildman–Crippen MR) is 121 cm³/mol. The highest BCUT2D eigenvalue weighted by Crippen LogP contribution is 2.23. The van der Waals surface area contributed by atoms with E-state index in [9.17, 15) is 36.3 Å². The number of hydrogen-bond acceptors (Lipinski definition) is 4. The summed E-state index contributed by atoms with van der Waals surface area (Å²) in [5.74, 6) is -4.67. The first-order valence-corrected chi connectivity index (χ1v) is 11.2. The first-order chi connectivity index (χ1) is 17.0. The van der Waals surface area contributed by atoms with Crippen LogP contribution in [0.15, 0.2) is 42.5 Å². The van der Waals surface area contributed by atoms with E-state index >= 15 is 0 Å². The standard InChI is InChI=1S/C24H25F5N4O3/c1-2-31-8-10-32(11-9-31)23(36)33(19-5-3-4-18(25)13-19)15-17-7-6-16(12-20(17)26)21(34)14-30-22(35)24(27,28)29/h3-7,12-13H,2,8-11,14-15H2,1H3,(H,30,35). The summed E-state index contributed by atoms with van der Waals surface area (Å²) in [5, 5.41) is 1.44. The van der Waals surface area contributed by atoms with Gasteiger partial charge in [0.15, 0.2) is 5.78 Å². The van der Waals surface area contributed by atoms with Gasteiger partial charge < -0.3 is 15.1 Å². The highest BCUT2D eigenvalue weighted by atomic mass is 19.4. The van der Waals surface area contributed by atoms with Gasteiger partial charge in [-0.15, -0.1) is 0 Å². The van der Waals surface area contributed by atoms with E-state index in [0.29, 0.717) is 26.2 Å². The number of rotatable bonds is 7. The van der Waals surface area contributed by atoms with E-state index in [0.717, 1.165) is 18.7 Å². The van der Waals surface area contributed by atoms with Crippen LogP contribution in [0.3, 0.4) is 0 Å². The zero-order chi connectivity index (χ0) is 26.5. The van der Waals surface area contributed by atoms with E-state index in [-0.39, 0.29) is 23.4 Å². The largest absolute Gasteiger partial charge is 0.471 e. The molecule has 1 saturated heterocycles. The summed E-state index contributed by atoms with van der Waals surface area (Å²) in [6.45, 7) is 3.82. The smallest absolute Gasteiger partial charge is 0.341 e. The minimum atomic E-state index is -5.15. The third kappa shape index (κ3) is 6.78. The molecule has 3 rings (SSSR count). The third-order valence-corrected chi connectivity index (χ3v) is 5.81. The Bertz CT molecular complexity index is 1120.